The fourth-order valence-corrected chi connectivity index (χ4v) is 2.71. The van der Waals surface area contributed by atoms with Crippen LogP contribution in [-0.4, -0.2) is 36.7 Å². The Morgan fingerprint density at radius 2 is 2.06 bits per heavy atom. The van der Waals surface area contributed by atoms with Gasteiger partial charge in [0.1, 0.15) is 5.54 Å². The van der Waals surface area contributed by atoms with Crippen LogP contribution in [0.4, 0.5) is 0 Å². The second kappa shape index (κ2) is 8.81. The minimum atomic E-state index is -0.541. The van der Waals surface area contributed by atoms with Gasteiger partial charge in [-0.15, -0.1) is 0 Å². The molecule has 3 nitrogen and oxygen atoms in total. The van der Waals surface area contributed by atoms with Crippen molar-refractivity contribution in [2.75, 3.05) is 25.2 Å². The molecule has 102 valence electrons. The van der Waals surface area contributed by atoms with Crippen molar-refractivity contribution < 1.29 is 9.53 Å². The zero-order chi connectivity index (χ0) is 13.3. The summed E-state index contributed by atoms with van der Waals surface area (Å²) in [5.41, 5.74) is -0.541. The van der Waals surface area contributed by atoms with Crippen LogP contribution in [0.25, 0.3) is 0 Å². The maximum atomic E-state index is 11.8. The molecule has 1 N–H and O–H groups in total. The Hall–Kier alpha value is -0.220. The maximum Gasteiger partial charge on any atom is 0.326 e. The highest BCUT2D eigenvalue weighted by molar-refractivity contribution is 7.99. The van der Waals surface area contributed by atoms with Gasteiger partial charge < -0.3 is 10.1 Å². The first kappa shape index (κ1) is 16.8. The number of carbonyl (C=O) groups is 1. The number of rotatable bonds is 9. The summed E-state index contributed by atoms with van der Waals surface area (Å²) in [5, 5.41) is 3.07. The fourth-order valence-electron chi connectivity index (χ4n) is 1.32. The SMILES string of the molecule is CCOC(=O)C(C)(CCSCCC(C)C)NC. The van der Waals surface area contributed by atoms with Crippen LogP contribution in [-0.2, 0) is 9.53 Å². The molecular weight excluding hydrogens is 234 g/mol. The lowest BCUT2D eigenvalue weighted by atomic mass is 10.00. The van der Waals surface area contributed by atoms with Crippen molar-refractivity contribution in [3.8, 4) is 0 Å². The Kier molecular flexibility index (Phi) is 8.70. The molecule has 0 spiro atoms. The first-order valence-corrected chi connectivity index (χ1v) is 7.55. The molecule has 0 radical (unpaired) electrons. The van der Waals surface area contributed by atoms with E-state index in [0.29, 0.717) is 6.61 Å². The van der Waals surface area contributed by atoms with Crippen molar-refractivity contribution in [2.24, 2.45) is 5.92 Å². The van der Waals surface area contributed by atoms with Crippen LogP contribution < -0.4 is 5.32 Å². The molecule has 1 atom stereocenters. The van der Waals surface area contributed by atoms with Crippen LogP contribution in [0, 0.1) is 5.92 Å². The molecule has 0 bridgehead atoms. The molecule has 0 saturated heterocycles. The van der Waals surface area contributed by atoms with E-state index in [2.05, 4.69) is 19.2 Å². The predicted octanol–water partition coefficient (Wildman–Crippen LogP) is 2.70. The Morgan fingerprint density at radius 1 is 1.41 bits per heavy atom. The summed E-state index contributed by atoms with van der Waals surface area (Å²) in [7, 11) is 1.82. The van der Waals surface area contributed by atoms with Crippen LogP contribution in [0.3, 0.4) is 0 Å². The van der Waals surface area contributed by atoms with E-state index in [1.165, 1.54) is 12.2 Å². The van der Waals surface area contributed by atoms with Gasteiger partial charge in [0.2, 0.25) is 0 Å². The van der Waals surface area contributed by atoms with E-state index in [4.69, 9.17) is 4.74 Å². The molecule has 1 unspecified atom stereocenters. The van der Waals surface area contributed by atoms with Gasteiger partial charge in [-0.05, 0) is 51.2 Å². The van der Waals surface area contributed by atoms with Gasteiger partial charge in [-0.2, -0.15) is 11.8 Å². The molecule has 0 fully saturated rings. The minimum absolute atomic E-state index is 0.146. The molecule has 0 heterocycles. The summed E-state index contributed by atoms with van der Waals surface area (Å²) >= 11 is 1.91. The van der Waals surface area contributed by atoms with E-state index in [9.17, 15) is 4.79 Å². The minimum Gasteiger partial charge on any atom is -0.465 e. The summed E-state index contributed by atoms with van der Waals surface area (Å²) < 4.78 is 5.08. The Labute approximate surface area is 110 Å². The normalized spacial score (nSPS) is 14.7. The molecule has 0 aromatic heterocycles. The largest absolute Gasteiger partial charge is 0.465 e. The van der Waals surface area contributed by atoms with Crippen LogP contribution >= 0.6 is 11.8 Å². The number of esters is 1. The smallest absolute Gasteiger partial charge is 0.326 e. The second-order valence-electron chi connectivity index (χ2n) is 4.85. The summed E-state index contributed by atoms with van der Waals surface area (Å²) in [6, 6.07) is 0. The maximum absolute atomic E-state index is 11.8. The van der Waals surface area contributed by atoms with Gasteiger partial charge in [-0.3, -0.25) is 4.79 Å². The topological polar surface area (TPSA) is 38.3 Å². The Bertz CT molecular complexity index is 221. The van der Waals surface area contributed by atoms with Crippen LogP contribution in [0.2, 0.25) is 0 Å². The van der Waals surface area contributed by atoms with Gasteiger partial charge in [-0.25, -0.2) is 0 Å². The lowest BCUT2D eigenvalue weighted by Crippen LogP contribution is -2.49. The van der Waals surface area contributed by atoms with Crippen molar-refractivity contribution in [1.29, 1.82) is 0 Å². The van der Waals surface area contributed by atoms with Crippen molar-refractivity contribution in [3.05, 3.63) is 0 Å². The van der Waals surface area contributed by atoms with Crippen molar-refractivity contribution in [3.63, 3.8) is 0 Å². The second-order valence-corrected chi connectivity index (χ2v) is 6.07. The van der Waals surface area contributed by atoms with Crippen molar-refractivity contribution in [2.45, 2.75) is 46.1 Å². The summed E-state index contributed by atoms with van der Waals surface area (Å²) in [6.45, 7) is 8.66. The number of hydrogen-bond donors (Lipinski definition) is 1. The molecule has 17 heavy (non-hydrogen) atoms. The summed E-state index contributed by atoms with van der Waals surface area (Å²) in [4.78, 5) is 11.8. The number of hydrogen-bond acceptors (Lipinski definition) is 4. The third-order valence-corrected chi connectivity index (χ3v) is 3.88. The van der Waals surface area contributed by atoms with Crippen molar-refractivity contribution in [1.82, 2.24) is 5.32 Å². The lowest BCUT2D eigenvalue weighted by molar-refractivity contribution is -0.150. The average Bonchev–Trinajstić information content (AvgIpc) is 2.28. The first-order chi connectivity index (χ1) is 7.96. The Balaban J connectivity index is 3.91. The average molecular weight is 261 g/mol. The van der Waals surface area contributed by atoms with E-state index in [0.717, 1.165) is 18.1 Å². The van der Waals surface area contributed by atoms with Gasteiger partial charge >= 0.3 is 5.97 Å². The van der Waals surface area contributed by atoms with Crippen LogP contribution in [0.1, 0.15) is 40.5 Å². The molecular formula is C13H27NO2S. The molecule has 0 aliphatic carbocycles. The van der Waals surface area contributed by atoms with Gasteiger partial charge in [-0.1, -0.05) is 13.8 Å². The van der Waals surface area contributed by atoms with Gasteiger partial charge in [0.05, 0.1) is 6.61 Å². The number of ether oxygens (including phenoxy) is 1. The Morgan fingerprint density at radius 3 is 2.53 bits per heavy atom. The van der Waals surface area contributed by atoms with Gasteiger partial charge in [0.25, 0.3) is 0 Å². The number of nitrogens with one attached hydrogen (secondary N) is 1. The third kappa shape index (κ3) is 6.94. The molecule has 0 saturated carbocycles. The van der Waals surface area contributed by atoms with Gasteiger partial charge in [0.15, 0.2) is 0 Å². The van der Waals surface area contributed by atoms with E-state index < -0.39 is 5.54 Å². The van der Waals surface area contributed by atoms with E-state index in [1.807, 2.05) is 32.7 Å². The van der Waals surface area contributed by atoms with Gasteiger partial charge in [0, 0.05) is 0 Å². The van der Waals surface area contributed by atoms with Crippen LogP contribution in [0.5, 0.6) is 0 Å². The highest BCUT2D eigenvalue weighted by Crippen LogP contribution is 2.17. The monoisotopic (exact) mass is 261 g/mol. The molecule has 0 amide bonds. The number of thioether (sulfide) groups is 1. The van der Waals surface area contributed by atoms with Crippen molar-refractivity contribution >= 4 is 17.7 Å². The molecule has 0 rings (SSSR count). The summed E-state index contributed by atoms with van der Waals surface area (Å²) in [6.07, 6.45) is 2.05. The molecule has 0 aliphatic rings. The number of likely N-dealkylation sites (N-methyl/N-ethyl adjacent to an activating group) is 1. The molecule has 0 aliphatic heterocycles. The highest BCUT2D eigenvalue weighted by Gasteiger charge is 2.32. The quantitative estimate of drug-likeness (QED) is 0.511. The lowest BCUT2D eigenvalue weighted by Gasteiger charge is -2.26. The fraction of sp³-hybridized carbons (Fsp3) is 0.923. The first-order valence-electron chi connectivity index (χ1n) is 6.40. The molecule has 0 aromatic rings. The zero-order valence-electron chi connectivity index (χ0n) is 11.8. The van der Waals surface area contributed by atoms with E-state index in [1.54, 1.807) is 0 Å². The molecule has 4 heteroatoms. The van der Waals surface area contributed by atoms with E-state index >= 15 is 0 Å². The predicted molar refractivity (Wildman–Crippen MR) is 75.5 cm³/mol. The highest BCUT2D eigenvalue weighted by atomic mass is 32.2. The van der Waals surface area contributed by atoms with E-state index in [-0.39, 0.29) is 5.97 Å². The number of carbonyl (C=O) groups excluding carboxylic acids is 1. The molecule has 0 aromatic carbocycles. The van der Waals surface area contributed by atoms with Crippen LogP contribution in [0.15, 0.2) is 0 Å². The standard InChI is InChI=1S/C13H27NO2S/c1-6-16-12(15)13(4,14-5)8-10-17-9-7-11(2)3/h11,14H,6-10H2,1-5H3. The zero-order valence-corrected chi connectivity index (χ0v) is 12.7. The summed E-state index contributed by atoms with van der Waals surface area (Å²) in [5.74, 6) is 2.76. The third-order valence-electron chi connectivity index (χ3n) is 2.86.